The van der Waals surface area contributed by atoms with Gasteiger partial charge in [-0.1, -0.05) is 58.7 Å². The average molecular weight is 408 g/mol. The van der Waals surface area contributed by atoms with Gasteiger partial charge < -0.3 is 9.73 Å². The van der Waals surface area contributed by atoms with Crippen molar-refractivity contribution in [1.82, 2.24) is 10.2 Å². The maximum atomic E-state index is 12.2. The topological polar surface area (TPSA) is 68.0 Å². The predicted octanol–water partition coefficient (Wildman–Crippen LogP) is 5.39. The lowest BCUT2D eigenvalue weighted by Crippen LogP contribution is -2.15. The third-order valence-electron chi connectivity index (χ3n) is 3.58. The summed E-state index contributed by atoms with van der Waals surface area (Å²) >= 11 is 13.4. The lowest BCUT2D eigenvalue weighted by molar-refractivity contribution is -0.113. The molecule has 0 unspecified atom stereocenters. The molecular formula is C18H15Cl2N3O2S. The summed E-state index contributed by atoms with van der Waals surface area (Å²) in [7, 11) is 0. The quantitative estimate of drug-likeness (QED) is 0.574. The normalized spacial score (nSPS) is 10.8. The van der Waals surface area contributed by atoms with Crippen LogP contribution in [0.4, 0.5) is 5.69 Å². The highest BCUT2D eigenvalue weighted by Crippen LogP contribution is 2.33. The summed E-state index contributed by atoms with van der Waals surface area (Å²) in [6, 6.07) is 11.2. The fourth-order valence-electron chi connectivity index (χ4n) is 2.15. The summed E-state index contributed by atoms with van der Waals surface area (Å²) < 4.78 is 5.59. The minimum atomic E-state index is -0.264. The summed E-state index contributed by atoms with van der Waals surface area (Å²) in [6.45, 7) is 3.85. The molecule has 2 aromatic carbocycles. The van der Waals surface area contributed by atoms with E-state index in [9.17, 15) is 4.79 Å². The zero-order valence-electron chi connectivity index (χ0n) is 14.0. The SMILES string of the molecule is Cc1ccc(-c2nnc(SCC(=O)Nc3c(Cl)ccc(C)c3Cl)o2)cc1. The van der Waals surface area contributed by atoms with Crippen LogP contribution in [0.1, 0.15) is 11.1 Å². The molecule has 0 atom stereocenters. The molecule has 1 aromatic heterocycles. The summed E-state index contributed by atoms with van der Waals surface area (Å²) in [4.78, 5) is 12.2. The van der Waals surface area contributed by atoms with E-state index in [2.05, 4.69) is 15.5 Å². The van der Waals surface area contributed by atoms with Crippen LogP contribution in [0, 0.1) is 13.8 Å². The van der Waals surface area contributed by atoms with Crippen LogP contribution in [0.5, 0.6) is 0 Å². The van der Waals surface area contributed by atoms with Gasteiger partial charge in [0.1, 0.15) is 0 Å². The van der Waals surface area contributed by atoms with Crippen molar-refractivity contribution in [1.29, 1.82) is 0 Å². The van der Waals surface area contributed by atoms with Crippen molar-refractivity contribution in [2.45, 2.75) is 19.1 Å². The Bertz CT molecular complexity index is 942. The lowest BCUT2D eigenvalue weighted by atomic mass is 10.1. The van der Waals surface area contributed by atoms with Gasteiger partial charge in [0.05, 0.1) is 21.5 Å². The number of hydrogen-bond acceptors (Lipinski definition) is 5. The van der Waals surface area contributed by atoms with Gasteiger partial charge in [0.2, 0.25) is 11.8 Å². The summed E-state index contributed by atoms with van der Waals surface area (Å²) in [5, 5.41) is 11.8. The number of benzene rings is 2. The molecule has 1 N–H and O–H groups in total. The number of aryl methyl sites for hydroxylation is 2. The van der Waals surface area contributed by atoms with Gasteiger partial charge >= 0.3 is 0 Å². The van der Waals surface area contributed by atoms with Gasteiger partial charge in [0.15, 0.2) is 0 Å². The number of hydrogen-bond donors (Lipinski definition) is 1. The summed E-state index contributed by atoms with van der Waals surface area (Å²) in [5.74, 6) is 0.244. The van der Waals surface area contributed by atoms with Crippen LogP contribution in [0.15, 0.2) is 46.0 Å². The molecule has 0 aliphatic heterocycles. The Morgan fingerprint density at radius 1 is 1.12 bits per heavy atom. The lowest BCUT2D eigenvalue weighted by Gasteiger charge is -2.10. The van der Waals surface area contributed by atoms with Crippen molar-refractivity contribution < 1.29 is 9.21 Å². The second-order valence-electron chi connectivity index (χ2n) is 5.63. The first-order chi connectivity index (χ1) is 12.4. The molecule has 1 amide bonds. The smallest absolute Gasteiger partial charge is 0.277 e. The molecule has 0 aliphatic rings. The Morgan fingerprint density at radius 3 is 2.58 bits per heavy atom. The highest BCUT2D eigenvalue weighted by molar-refractivity contribution is 7.99. The van der Waals surface area contributed by atoms with Gasteiger partial charge in [-0.3, -0.25) is 4.79 Å². The van der Waals surface area contributed by atoms with Gasteiger partial charge in [0, 0.05) is 5.56 Å². The van der Waals surface area contributed by atoms with Gasteiger partial charge in [-0.05, 0) is 37.6 Å². The maximum Gasteiger partial charge on any atom is 0.277 e. The van der Waals surface area contributed by atoms with Gasteiger partial charge in [0.25, 0.3) is 5.22 Å². The predicted molar refractivity (Wildman–Crippen MR) is 105 cm³/mol. The van der Waals surface area contributed by atoms with Gasteiger partial charge in [-0.25, -0.2) is 0 Å². The minimum absolute atomic E-state index is 0.0934. The van der Waals surface area contributed by atoms with Crippen molar-refractivity contribution in [3.05, 3.63) is 57.6 Å². The van der Waals surface area contributed by atoms with Crippen LogP contribution in [0.2, 0.25) is 10.0 Å². The molecule has 0 spiro atoms. The van der Waals surface area contributed by atoms with Crippen molar-refractivity contribution in [3.8, 4) is 11.5 Å². The van der Waals surface area contributed by atoms with Gasteiger partial charge in [-0.2, -0.15) is 0 Å². The molecule has 3 rings (SSSR count). The van der Waals surface area contributed by atoms with Crippen LogP contribution in [-0.2, 0) is 4.79 Å². The van der Waals surface area contributed by atoms with Gasteiger partial charge in [-0.15, -0.1) is 10.2 Å². The molecule has 1 heterocycles. The third kappa shape index (κ3) is 4.38. The third-order valence-corrected chi connectivity index (χ3v) is 5.20. The summed E-state index contributed by atoms with van der Waals surface area (Å²) in [5.41, 5.74) is 3.22. The first-order valence-corrected chi connectivity index (χ1v) is 9.46. The number of aromatic nitrogens is 2. The fourth-order valence-corrected chi connectivity index (χ4v) is 3.18. The highest BCUT2D eigenvalue weighted by Gasteiger charge is 2.14. The van der Waals surface area contributed by atoms with Crippen molar-refractivity contribution in [3.63, 3.8) is 0 Å². The minimum Gasteiger partial charge on any atom is -0.411 e. The molecule has 0 aliphatic carbocycles. The fraction of sp³-hybridized carbons (Fsp3) is 0.167. The van der Waals surface area contributed by atoms with Crippen molar-refractivity contribution in [2.24, 2.45) is 0 Å². The second-order valence-corrected chi connectivity index (χ2v) is 7.34. The molecule has 0 bridgehead atoms. The molecule has 134 valence electrons. The molecule has 0 saturated heterocycles. The van der Waals surface area contributed by atoms with E-state index in [1.54, 1.807) is 12.1 Å². The Labute approximate surface area is 165 Å². The van der Waals surface area contributed by atoms with Crippen molar-refractivity contribution >= 4 is 46.6 Å². The first-order valence-electron chi connectivity index (χ1n) is 7.72. The summed E-state index contributed by atoms with van der Waals surface area (Å²) in [6.07, 6.45) is 0. The van der Waals surface area contributed by atoms with E-state index >= 15 is 0 Å². The van der Waals surface area contributed by atoms with Crippen LogP contribution in [0.25, 0.3) is 11.5 Å². The average Bonchev–Trinajstić information content (AvgIpc) is 3.10. The molecule has 0 radical (unpaired) electrons. The van der Waals surface area contributed by atoms with E-state index in [4.69, 9.17) is 27.6 Å². The van der Waals surface area contributed by atoms with E-state index < -0.39 is 0 Å². The highest BCUT2D eigenvalue weighted by atomic mass is 35.5. The largest absolute Gasteiger partial charge is 0.411 e. The Morgan fingerprint density at radius 2 is 1.85 bits per heavy atom. The molecular weight excluding hydrogens is 393 g/mol. The molecule has 8 heteroatoms. The van der Waals surface area contributed by atoms with Crippen molar-refractivity contribution in [2.75, 3.05) is 11.1 Å². The maximum absolute atomic E-state index is 12.2. The van der Waals surface area contributed by atoms with E-state index in [-0.39, 0.29) is 11.7 Å². The van der Waals surface area contributed by atoms with Crippen LogP contribution >= 0.6 is 35.0 Å². The van der Waals surface area contributed by atoms with E-state index in [0.29, 0.717) is 26.8 Å². The molecule has 3 aromatic rings. The van der Waals surface area contributed by atoms with Crippen LogP contribution in [0.3, 0.4) is 0 Å². The zero-order valence-corrected chi connectivity index (χ0v) is 16.4. The molecule has 0 fully saturated rings. The second kappa shape index (κ2) is 8.12. The number of anilines is 1. The zero-order chi connectivity index (χ0) is 18.7. The van der Waals surface area contributed by atoms with E-state index in [1.165, 1.54) is 0 Å². The van der Waals surface area contributed by atoms with Crippen LogP contribution < -0.4 is 5.32 Å². The number of halogens is 2. The Balaban J connectivity index is 1.62. The number of thioether (sulfide) groups is 1. The number of carbonyl (C=O) groups excluding carboxylic acids is 1. The molecule has 0 saturated carbocycles. The number of carbonyl (C=O) groups is 1. The van der Waals surface area contributed by atoms with E-state index in [1.807, 2.05) is 38.1 Å². The number of rotatable bonds is 5. The standard InChI is InChI=1S/C18H15Cl2N3O2S/c1-10-3-6-12(7-4-10)17-22-23-18(25-17)26-9-14(24)21-16-13(19)8-5-11(2)15(16)20/h3-8H,9H2,1-2H3,(H,21,24). The Kier molecular flexibility index (Phi) is 5.86. The monoisotopic (exact) mass is 407 g/mol. The molecule has 5 nitrogen and oxygen atoms in total. The van der Waals surface area contributed by atoms with E-state index in [0.717, 1.165) is 28.5 Å². The number of amides is 1. The van der Waals surface area contributed by atoms with Crippen LogP contribution in [-0.4, -0.2) is 21.9 Å². The Hall–Kier alpha value is -2.02. The number of nitrogens with one attached hydrogen (secondary N) is 1. The first kappa shape index (κ1) is 18.8. The molecule has 26 heavy (non-hydrogen) atoms. The number of nitrogens with zero attached hydrogens (tertiary/aromatic N) is 2.